The Balaban J connectivity index is 1.64. The minimum absolute atomic E-state index is 0.136. The third kappa shape index (κ3) is 2.66. The van der Waals surface area contributed by atoms with Crippen molar-refractivity contribution in [2.24, 2.45) is 0 Å². The zero-order valence-electron chi connectivity index (χ0n) is 13.9. The molecular formula is C21H18N2O2. The molecule has 0 aliphatic heterocycles. The second kappa shape index (κ2) is 6.06. The maximum absolute atomic E-state index is 12.8. The molecule has 4 nitrogen and oxygen atoms in total. The number of rotatable bonds is 3. The monoisotopic (exact) mass is 330 g/mol. The topological polar surface area (TPSA) is 58.2 Å². The molecule has 4 rings (SSSR count). The van der Waals surface area contributed by atoms with Crippen molar-refractivity contribution in [3.05, 3.63) is 76.9 Å². The first-order valence-corrected chi connectivity index (χ1v) is 8.34. The summed E-state index contributed by atoms with van der Waals surface area (Å²) < 4.78 is 0. The van der Waals surface area contributed by atoms with Crippen LogP contribution in [0.4, 0.5) is 5.69 Å². The van der Waals surface area contributed by atoms with Crippen LogP contribution in [-0.4, -0.2) is 18.9 Å². The van der Waals surface area contributed by atoms with E-state index in [1.807, 2.05) is 18.2 Å². The second-order valence-corrected chi connectivity index (χ2v) is 6.22. The molecule has 4 heteroatoms. The number of hydrogen-bond donors (Lipinski definition) is 2. The number of amides is 2. The number of hydrogen-bond acceptors (Lipinski definition) is 2. The smallest absolute Gasteiger partial charge is 0.256 e. The van der Waals surface area contributed by atoms with Gasteiger partial charge in [-0.2, -0.15) is 0 Å². The van der Waals surface area contributed by atoms with E-state index in [0.717, 1.165) is 18.2 Å². The van der Waals surface area contributed by atoms with Gasteiger partial charge in [-0.15, -0.1) is 0 Å². The normalized spacial score (nSPS) is 12.2. The zero-order valence-corrected chi connectivity index (χ0v) is 13.9. The van der Waals surface area contributed by atoms with Gasteiger partial charge in [0, 0.05) is 23.9 Å². The Morgan fingerprint density at radius 1 is 0.840 bits per heavy atom. The van der Waals surface area contributed by atoms with Crippen molar-refractivity contribution in [2.45, 2.75) is 12.8 Å². The van der Waals surface area contributed by atoms with Crippen molar-refractivity contribution in [3.63, 3.8) is 0 Å². The molecule has 0 bridgehead atoms. The van der Waals surface area contributed by atoms with Crippen LogP contribution in [0, 0.1) is 0 Å². The molecule has 0 radical (unpaired) electrons. The first kappa shape index (κ1) is 15.4. The standard InChI is InChI=1S/C21H18N2O2/c1-22-20(24)15-7-10-16(11-8-15)23-21(25)18-12-9-14-6-5-13-3-2-4-17(18)19(13)14/h2-4,7-12H,5-6H2,1H3,(H,22,24)(H,23,25). The molecular weight excluding hydrogens is 312 g/mol. The van der Waals surface area contributed by atoms with Crippen LogP contribution >= 0.6 is 0 Å². The van der Waals surface area contributed by atoms with Gasteiger partial charge in [0.15, 0.2) is 0 Å². The summed E-state index contributed by atoms with van der Waals surface area (Å²) >= 11 is 0. The highest BCUT2D eigenvalue weighted by molar-refractivity contribution is 6.14. The van der Waals surface area contributed by atoms with Crippen LogP contribution in [0.15, 0.2) is 54.6 Å². The summed E-state index contributed by atoms with van der Waals surface area (Å²) in [5.74, 6) is -0.284. The van der Waals surface area contributed by atoms with Crippen molar-refractivity contribution < 1.29 is 9.59 Å². The number of carbonyl (C=O) groups is 2. The average molecular weight is 330 g/mol. The van der Waals surface area contributed by atoms with E-state index in [0.29, 0.717) is 16.8 Å². The number of anilines is 1. The molecule has 0 saturated heterocycles. The van der Waals surface area contributed by atoms with E-state index in [1.165, 1.54) is 16.5 Å². The van der Waals surface area contributed by atoms with E-state index in [2.05, 4.69) is 22.8 Å². The second-order valence-electron chi connectivity index (χ2n) is 6.22. The van der Waals surface area contributed by atoms with Crippen LogP contribution in [-0.2, 0) is 12.8 Å². The largest absolute Gasteiger partial charge is 0.355 e. The lowest BCUT2D eigenvalue weighted by Gasteiger charge is -2.10. The summed E-state index contributed by atoms with van der Waals surface area (Å²) in [5, 5.41) is 7.73. The Bertz CT molecular complexity index is 980. The SMILES string of the molecule is CNC(=O)c1ccc(NC(=O)c2ccc3c4c(cccc24)CC3)cc1. The minimum atomic E-state index is -0.148. The van der Waals surface area contributed by atoms with Crippen molar-refractivity contribution >= 4 is 28.3 Å². The Morgan fingerprint density at radius 3 is 2.28 bits per heavy atom. The fourth-order valence-electron chi connectivity index (χ4n) is 3.49. The summed E-state index contributed by atoms with van der Waals surface area (Å²) in [6.07, 6.45) is 2.08. The summed E-state index contributed by atoms with van der Waals surface area (Å²) in [4.78, 5) is 24.3. The summed E-state index contributed by atoms with van der Waals surface area (Å²) in [6, 6.07) is 17.0. The van der Waals surface area contributed by atoms with Crippen LogP contribution in [0.25, 0.3) is 10.8 Å². The fourth-order valence-corrected chi connectivity index (χ4v) is 3.49. The molecule has 1 aliphatic rings. The van der Waals surface area contributed by atoms with E-state index in [-0.39, 0.29) is 11.8 Å². The molecule has 0 saturated carbocycles. The first-order valence-electron chi connectivity index (χ1n) is 8.34. The van der Waals surface area contributed by atoms with Gasteiger partial charge in [-0.25, -0.2) is 0 Å². The summed E-state index contributed by atoms with van der Waals surface area (Å²) in [6.45, 7) is 0. The van der Waals surface area contributed by atoms with E-state index >= 15 is 0 Å². The van der Waals surface area contributed by atoms with Crippen molar-refractivity contribution in [2.75, 3.05) is 12.4 Å². The summed E-state index contributed by atoms with van der Waals surface area (Å²) in [7, 11) is 1.59. The molecule has 1 aliphatic carbocycles. The van der Waals surface area contributed by atoms with Gasteiger partial charge in [0.2, 0.25) is 0 Å². The highest BCUT2D eigenvalue weighted by Crippen LogP contribution is 2.33. The Hall–Kier alpha value is -3.14. The fraction of sp³-hybridized carbons (Fsp3) is 0.143. The van der Waals surface area contributed by atoms with Crippen molar-refractivity contribution in [1.29, 1.82) is 0 Å². The third-order valence-corrected chi connectivity index (χ3v) is 4.75. The molecule has 124 valence electrons. The quantitative estimate of drug-likeness (QED) is 0.771. The molecule has 2 N–H and O–H groups in total. The van der Waals surface area contributed by atoms with Gasteiger partial charge in [-0.3, -0.25) is 9.59 Å². The predicted octanol–water partition coefficient (Wildman–Crippen LogP) is 3.55. The van der Waals surface area contributed by atoms with Gasteiger partial charge in [0.1, 0.15) is 0 Å². The molecule has 3 aromatic rings. The number of nitrogens with one attached hydrogen (secondary N) is 2. The van der Waals surface area contributed by atoms with Crippen LogP contribution < -0.4 is 10.6 Å². The Labute approximate surface area is 145 Å². The van der Waals surface area contributed by atoms with Gasteiger partial charge in [0.05, 0.1) is 0 Å². The van der Waals surface area contributed by atoms with E-state index < -0.39 is 0 Å². The summed E-state index contributed by atoms with van der Waals surface area (Å²) in [5.41, 5.74) is 4.54. The van der Waals surface area contributed by atoms with Crippen LogP contribution in [0.3, 0.4) is 0 Å². The van der Waals surface area contributed by atoms with Gasteiger partial charge in [-0.1, -0.05) is 24.3 Å². The molecule has 0 spiro atoms. The number of carbonyl (C=O) groups excluding carboxylic acids is 2. The number of benzene rings is 3. The van der Waals surface area contributed by atoms with E-state index in [9.17, 15) is 9.59 Å². The van der Waals surface area contributed by atoms with Gasteiger partial charge in [0.25, 0.3) is 11.8 Å². The van der Waals surface area contributed by atoms with Gasteiger partial charge < -0.3 is 10.6 Å². The van der Waals surface area contributed by atoms with Crippen molar-refractivity contribution in [3.8, 4) is 0 Å². The zero-order chi connectivity index (χ0) is 17.4. The maximum atomic E-state index is 12.8. The lowest BCUT2D eigenvalue weighted by atomic mass is 9.99. The molecule has 0 atom stereocenters. The molecule has 0 aromatic heterocycles. The average Bonchev–Trinajstić information content (AvgIpc) is 3.07. The predicted molar refractivity (Wildman–Crippen MR) is 99.1 cm³/mol. The molecule has 0 fully saturated rings. The molecule has 2 amide bonds. The molecule has 0 heterocycles. The lowest BCUT2D eigenvalue weighted by molar-refractivity contribution is 0.0962. The maximum Gasteiger partial charge on any atom is 0.256 e. The lowest BCUT2D eigenvalue weighted by Crippen LogP contribution is -2.18. The first-order chi connectivity index (χ1) is 12.2. The highest BCUT2D eigenvalue weighted by atomic mass is 16.2. The van der Waals surface area contributed by atoms with Crippen LogP contribution in [0.5, 0.6) is 0 Å². The van der Waals surface area contributed by atoms with Gasteiger partial charge in [-0.05, 0) is 65.1 Å². The van der Waals surface area contributed by atoms with Crippen LogP contribution in [0.2, 0.25) is 0 Å². The van der Waals surface area contributed by atoms with Crippen molar-refractivity contribution in [1.82, 2.24) is 5.32 Å². The van der Waals surface area contributed by atoms with E-state index in [4.69, 9.17) is 0 Å². The minimum Gasteiger partial charge on any atom is -0.355 e. The number of aryl methyl sites for hydroxylation is 2. The molecule has 25 heavy (non-hydrogen) atoms. The Kier molecular flexibility index (Phi) is 3.73. The third-order valence-electron chi connectivity index (χ3n) is 4.75. The van der Waals surface area contributed by atoms with E-state index in [1.54, 1.807) is 31.3 Å². The molecule has 3 aromatic carbocycles. The Morgan fingerprint density at radius 2 is 1.56 bits per heavy atom. The molecule has 0 unspecified atom stereocenters. The van der Waals surface area contributed by atoms with Gasteiger partial charge >= 0.3 is 0 Å². The van der Waals surface area contributed by atoms with Crippen LogP contribution in [0.1, 0.15) is 31.8 Å². The highest BCUT2D eigenvalue weighted by Gasteiger charge is 2.18.